The van der Waals surface area contributed by atoms with Crippen LogP contribution in [0.3, 0.4) is 0 Å². The second-order valence-electron chi connectivity index (χ2n) is 2.09. The first-order chi connectivity index (χ1) is 4.86. The highest BCUT2D eigenvalue weighted by Gasteiger charge is 1.92. The lowest BCUT2D eigenvalue weighted by atomic mass is 10.5. The Bertz CT molecular complexity index is 351. The van der Waals surface area contributed by atoms with Gasteiger partial charge in [-0.2, -0.15) is 5.10 Å². The maximum Gasteiger partial charge on any atom is 0.173 e. The Morgan fingerprint density at radius 2 is 2.30 bits per heavy atom. The maximum atomic E-state index is 4.17. The Kier molecular flexibility index (Phi) is 0.943. The first kappa shape index (κ1) is 5.34. The van der Waals surface area contributed by atoms with E-state index in [4.69, 9.17) is 0 Å². The summed E-state index contributed by atoms with van der Waals surface area (Å²) in [4.78, 5) is 8.05. The summed E-state index contributed by atoms with van der Waals surface area (Å²) in [6, 6.07) is 0. The highest BCUT2D eigenvalue weighted by Crippen LogP contribution is 1.95. The summed E-state index contributed by atoms with van der Waals surface area (Å²) in [6.07, 6.45) is 5.01. The molecule has 2 aromatic rings. The lowest BCUT2D eigenvalue weighted by Gasteiger charge is -1.90. The SMILES string of the molecule is Cc1cnn2cncc2n1. The van der Waals surface area contributed by atoms with Crippen molar-refractivity contribution in [2.45, 2.75) is 6.92 Å². The molecular formula is C6H6N4. The van der Waals surface area contributed by atoms with E-state index in [1.165, 1.54) is 0 Å². The van der Waals surface area contributed by atoms with Gasteiger partial charge in [0.2, 0.25) is 0 Å². The van der Waals surface area contributed by atoms with Crippen molar-refractivity contribution in [3.8, 4) is 0 Å². The Morgan fingerprint density at radius 3 is 3.20 bits per heavy atom. The number of fused-ring (bicyclic) bond motifs is 1. The van der Waals surface area contributed by atoms with E-state index in [1.807, 2.05) is 6.92 Å². The van der Waals surface area contributed by atoms with E-state index in [2.05, 4.69) is 15.1 Å². The highest BCUT2D eigenvalue weighted by atomic mass is 15.3. The molecule has 0 amide bonds. The van der Waals surface area contributed by atoms with Gasteiger partial charge >= 0.3 is 0 Å². The lowest BCUT2D eigenvalue weighted by Crippen LogP contribution is -1.92. The molecule has 4 nitrogen and oxygen atoms in total. The lowest BCUT2D eigenvalue weighted by molar-refractivity contribution is 0.884. The van der Waals surface area contributed by atoms with Crippen LogP contribution in [0.15, 0.2) is 18.7 Å². The number of nitrogens with zero attached hydrogens (tertiary/aromatic N) is 4. The topological polar surface area (TPSA) is 43.1 Å². The molecule has 0 bridgehead atoms. The van der Waals surface area contributed by atoms with E-state index in [-0.39, 0.29) is 0 Å². The quantitative estimate of drug-likeness (QED) is 0.524. The van der Waals surface area contributed by atoms with Crippen molar-refractivity contribution in [3.63, 3.8) is 0 Å². The smallest absolute Gasteiger partial charge is 0.173 e. The first-order valence-electron chi connectivity index (χ1n) is 2.98. The second kappa shape index (κ2) is 1.76. The molecule has 0 aliphatic heterocycles. The van der Waals surface area contributed by atoms with Crippen LogP contribution in [0, 0.1) is 6.92 Å². The summed E-state index contributed by atoms with van der Waals surface area (Å²) in [7, 11) is 0. The van der Waals surface area contributed by atoms with Crippen LogP contribution in [0.4, 0.5) is 0 Å². The number of rotatable bonds is 0. The standard InChI is InChI=1S/C6H6N4/c1-5-2-8-10-4-7-3-6(10)9-5/h2-4H,1H3. The predicted molar refractivity (Wildman–Crippen MR) is 35.5 cm³/mol. The number of aromatic nitrogens is 4. The zero-order chi connectivity index (χ0) is 6.97. The Morgan fingerprint density at radius 1 is 1.40 bits per heavy atom. The third kappa shape index (κ3) is 0.655. The van der Waals surface area contributed by atoms with Crippen molar-refractivity contribution < 1.29 is 0 Å². The normalized spacial score (nSPS) is 10.5. The molecule has 0 unspecified atom stereocenters. The molecule has 0 saturated carbocycles. The monoisotopic (exact) mass is 134 g/mol. The molecular weight excluding hydrogens is 128 g/mol. The molecule has 0 aromatic carbocycles. The highest BCUT2D eigenvalue weighted by molar-refractivity contribution is 5.32. The minimum Gasteiger partial charge on any atom is -0.241 e. The summed E-state index contributed by atoms with van der Waals surface area (Å²) >= 11 is 0. The van der Waals surface area contributed by atoms with Gasteiger partial charge in [-0.05, 0) is 6.92 Å². The van der Waals surface area contributed by atoms with E-state index >= 15 is 0 Å². The van der Waals surface area contributed by atoms with Crippen LogP contribution >= 0.6 is 0 Å². The molecule has 0 spiro atoms. The Hall–Kier alpha value is -1.45. The van der Waals surface area contributed by atoms with Gasteiger partial charge < -0.3 is 0 Å². The summed E-state index contributed by atoms with van der Waals surface area (Å²) in [6.45, 7) is 1.90. The van der Waals surface area contributed by atoms with Crippen molar-refractivity contribution >= 4 is 5.65 Å². The van der Waals surface area contributed by atoms with Crippen LogP contribution in [0.5, 0.6) is 0 Å². The molecule has 0 fully saturated rings. The van der Waals surface area contributed by atoms with Gasteiger partial charge in [-0.15, -0.1) is 0 Å². The number of aryl methyl sites for hydroxylation is 1. The van der Waals surface area contributed by atoms with Gasteiger partial charge in [-0.25, -0.2) is 14.5 Å². The van der Waals surface area contributed by atoms with Crippen molar-refractivity contribution in [1.82, 2.24) is 19.6 Å². The fourth-order valence-electron chi connectivity index (χ4n) is 0.806. The molecule has 0 saturated heterocycles. The van der Waals surface area contributed by atoms with Gasteiger partial charge in [0.15, 0.2) is 5.65 Å². The molecule has 0 aliphatic rings. The molecule has 2 heterocycles. The number of hydrogen-bond acceptors (Lipinski definition) is 3. The summed E-state index contributed by atoms with van der Waals surface area (Å²) in [5, 5.41) is 4.03. The molecule has 0 radical (unpaired) electrons. The molecule has 50 valence electrons. The van der Waals surface area contributed by atoms with Gasteiger partial charge in [-0.3, -0.25) is 0 Å². The molecule has 4 heteroatoms. The van der Waals surface area contributed by atoms with E-state index in [9.17, 15) is 0 Å². The van der Waals surface area contributed by atoms with Crippen LogP contribution in [-0.4, -0.2) is 19.6 Å². The fraction of sp³-hybridized carbons (Fsp3) is 0.167. The maximum absolute atomic E-state index is 4.17. The summed E-state index contributed by atoms with van der Waals surface area (Å²) in [5.41, 5.74) is 1.70. The molecule has 2 aromatic heterocycles. The van der Waals surface area contributed by atoms with Gasteiger partial charge in [0.25, 0.3) is 0 Å². The van der Waals surface area contributed by atoms with Gasteiger partial charge in [-0.1, -0.05) is 0 Å². The third-order valence-corrected chi connectivity index (χ3v) is 1.26. The van der Waals surface area contributed by atoms with Gasteiger partial charge in [0, 0.05) is 0 Å². The summed E-state index contributed by atoms with van der Waals surface area (Å²) < 4.78 is 1.63. The first-order valence-corrected chi connectivity index (χ1v) is 2.98. The minimum atomic E-state index is 0.792. The predicted octanol–water partition coefficient (Wildman–Crippen LogP) is 0.433. The zero-order valence-corrected chi connectivity index (χ0v) is 5.52. The largest absolute Gasteiger partial charge is 0.241 e. The van der Waals surface area contributed by atoms with Crippen LogP contribution in [0.1, 0.15) is 5.69 Å². The molecule has 0 aliphatic carbocycles. The Balaban J connectivity index is 2.86. The van der Waals surface area contributed by atoms with Crippen LogP contribution in [0.25, 0.3) is 5.65 Å². The van der Waals surface area contributed by atoms with Crippen molar-refractivity contribution in [3.05, 3.63) is 24.4 Å². The zero-order valence-electron chi connectivity index (χ0n) is 5.52. The number of imidazole rings is 1. The molecule has 0 atom stereocenters. The third-order valence-electron chi connectivity index (χ3n) is 1.26. The fourth-order valence-corrected chi connectivity index (χ4v) is 0.806. The van der Waals surface area contributed by atoms with Gasteiger partial charge in [0.05, 0.1) is 18.1 Å². The van der Waals surface area contributed by atoms with Crippen LogP contribution in [-0.2, 0) is 0 Å². The van der Waals surface area contributed by atoms with Crippen molar-refractivity contribution in [2.24, 2.45) is 0 Å². The minimum absolute atomic E-state index is 0.792. The van der Waals surface area contributed by atoms with Crippen molar-refractivity contribution in [1.29, 1.82) is 0 Å². The van der Waals surface area contributed by atoms with E-state index < -0.39 is 0 Å². The summed E-state index contributed by atoms with van der Waals surface area (Å²) in [5.74, 6) is 0. The Labute approximate surface area is 57.5 Å². The van der Waals surface area contributed by atoms with Gasteiger partial charge in [0.1, 0.15) is 6.33 Å². The number of hydrogen-bond donors (Lipinski definition) is 0. The van der Waals surface area contributed by atoms with E-state index in [0.29, 0.717) is 0 Å². The molecule has 10 heavy (non-hydrogen) atoms. The van der Waals surface area contributed by atoms with E-state index in [1.54, 1.807) is 23.2 Å². The van der Waals surface area contributed by atoms with Crippen LogP contribution in [0.2, 0.25) is 0 Å². The average Bonchev–Trinajstić information content (AvgIpc) is 2.33. The van der Waals surface area contributed by atoms with Crippen molar-refractivity contribution in [2.75, 3.05) is 0 Å². The van der Waals surface area contributed by atoms with Crippen LogP contribution < -0.4 is 0 Å². The average molecular weight is 134 g/mol. The second-order valence-corrected chi connectivity index (χ2v) is 2.09. The molecule has 0 N–H and O–H groups in total. The van der Waals surface area contributed by atoms with E-state index in [0.717, 1.165) is 11.3 Å². The molecule has 2 rings (SSSR count).